The zero-order valence-electron chi connectivity index (χ0n) is 10.7. The highest BCUT2D eigenvalue weighted by atomic mass is 35.5. The van der Waals surface area contributed by atoms with E-state index in [4.69, 9.17) is 11.6 Å². The van der Waals surface area contributed by atoms with E-state index in [1.54, 1.807) is 30.3 Å². The molecule has 2 aromatic rings. The van der Waals surface area contributed by atoms with Crippen molar-refractivity contribution in [3.63, 3.8) is 0 Å². The van der Waals surface area contributed by atoms with Gasteiger partial charge in [0.1, 0.15) is 5.38 Å². The molecule has 0 aromatic heterocycles. The quantitative estimate of drug-likeness (QED) is 0.823. The van der Waals surface area contributed by atoms with Gasteiger partial charge in [-0.2, -0.15) is 13.2 Å². The van der Waals surface area contributed by atoms with E-state index in [2.05, 4.69) is 5.32 Å². The van der Waals surface area contributed by atoms with Gasteiger partial charge in [0.05, 0.1) is 5.56 Å². The van der Waals surface area contributed by atoms with Crippen LogP contribution in [0.4, 0.5) is 18.9 Å². The summed E-state index contributed by atoms with van der Waals surface area (Å²) >= 11 is 5.98. The van der Waals surface area contributed by atoms with Gasteiger partial charge < -0.3 is 5.32 Å². The van der Waals surface area contributed by atoms with Crippen LogP contribution in [0, 0.1) is 0 Å². The largest absolute Gasteiger partial charge is 0.416 e. The van der Waals surface area contributed by atoms with Gasteiger partial charge in [0.2, 0.25) is 5.91 Å². The van der Waals surface area contributed by atoms with Gasteiger partial charge >= 0.3 is 6.18 Å². The number of halogens is 4. The van der Waals surface area contributed by atoms with Crippen LogP contribution in [0.5, 0.6) is 0 Å². The molecule has 0 saturated heterocycles. The molecule has 0 aliphatic heterocycles. The van der Waals surface area contributed by atoms with E-state index in [0.717, 1.165) is 12.1 Å². The number of nitrogens with one attached hydrogen (secondary N) is 1. The van der Waals surface area contributed by atoms with Gasteiger partial charge in [-0.3, -0.25) is 4.79 Å². The Labute approximate surface area is 124 Å². The molecule has 21 heavy (non-hydrogen) atoms. The summed E-state index contributed by atoms with van der Waals surface area (Å²) in [5, 5.41) is 1.53. The molecule has 0 fully saturated rings. The summed E-state index contributed by atoms with van der Waals surface area (Å²) in [6, 6.07) is 12.9. The summed E-state index contributed by atoms with van der Waals surface area (Å²) in [5.41, 5.74) is 0.0942. The molecule has 110 valence electrons. The highest BCUT2D eigenvalue weighted by molar-refractivity contribution is 6.32. The first-order chi connectivity index (χ1) is 9.88. The van der Waals surface area contributed by atoms with Gasteiger partial charge in [-0.25, -0.2) is 0 Å². The third-order valence-corrected chi connectivity index (χ3v) is 3.25. The Hall–Kier alpha value is -2.01. The van der Waals surface area contributed by atoms with Crippen LogP contribution < -0.4 is 5.32 Å². The van der Waals surface area contributed by atoms with Crippen molar-refractivity contribution in [2.45, 2.75) is 11.6 Å². The van der Waals surface area contributed by atoms with Crippen molar-refractivity contribution in [3.8, 4) is 0 Å². The first kappa shape index (κ1) is 15.4. The maximum Gasteiger partial charge on any atom is 0.416 e. The van der Waals surface area contributed by atoms with E-state index >= 15 is 0 Å². The van der Waals surface area contributed by atoms with Crippen LogP contribution in [-0.2, 0) is 11.0 Å². The second-order valence-electron chi connectivity index (χ2n) is 4.34. The van der Waals surface area contributed by atoms with Crippen molar-refractivity contribution < 1.29 is 18.0 Å². The molecule has 0 spiro atoms. The van der Waals surface area contributed by atoms with Crippen LogP contribution in [-0.4, -0.2) is 5.91 Å². The standard InChI is InChI=1S/C15H11ClF3NO/c16-13(14(21)20-12-4-2-1-3-5-12)10-6-8-11(9-7-10)15(17,18)19/h1-9,13H,(H,20,21). The van der Waals surface area contributed by atoms with Gasteiger partial charge in [0, 0.05) is 5.69 Å². The molecule has 2 aromatic carbocycles. The van der Waals surface area contributed by atoms with Gasteiger partial charge in [0.15, 0.2) is 0 Å². The predicted molar refractivity (Wildman–Crippen MR) is 75.1 cm³/mol. The first-order valence-electron chi connectivity index (χ1n) is 6.05. The Kier molecular flexibility index (Phi) is 4.53. The van der Waals surface area contributed by atoms with Crippen molar-refractivity contribution in [2.75, 3.05) is 5.32 Å². The van der Waals surface area contributed by atoms with Crippen LogP contribution in [0.3, 0.4) is 0 Å². The topological polar surface area (TPSA) is 29.1 Å². The van der Waals surface area contributed by atoms with E-state index in [1.807, 2.05) is 0 Å². The molecular formula is C15H11ClF3NO. The zero-order valence-corrected chi connectivity index (χ0v) is 11.4. The highest BCUT2D eigenvalue weighted by Gasteiger charge is 2.30. The number of hydrogen-bond acceptors (Lipinski definition) is 1. The van der Waals surface area contributed by atoms with Crippen LogP contribution >= 0.6 is 11.6 Å². The lowest BCUT2D eigenvalue weighted by molar-refractivity contribution is -0.137. The fourth-order valence-corrected chi connectivity index (χ4v) is 1.92. The number of rotatable bonds is 3. The minimum Gasteiger partial charge on any atom is -0.325 e. The number of carbonyl (C=O) groups is 1. The number of alkyl halides is 4. The van der Waals surface area contributed by atoms with Crippen LogP contribution in [0.1, 0.15) is 16.5 Å². The lowest BCUT2D eigenvalue weighted by atomic mass is 10.1. The van der Waals surface area contributed by atoms with Crippen molar-refractivity contribution in [3.05, 3.63) is 65.7 Å². The second kappa shape index (κ2) is 6.18. The molecule has 2 rings (SSSR count). The predicted octanol–water partition coefficient (Wildman–Crippen LogP) is 4.62. The third-order valence-electron chi connectivity index (χ3n) is 2.80. The molecule has 0 saturated carbocycles. The summed E-state index contributed by atoms with van der Waals surface area (Å²) in [4.78, 5) is 11.9. The molecule has 1 amide bonds. The number of benzene rings is 2. The molecular weight excluding hydrogens is 303 g/mol. The molecule has 2 nitrogen and oxygen atoms in total. The van der Waals surface area contributed by atoms with E-state index in [1.165, 1.54) is 12.1 Å². The zero-order chi connectivity index (χ0) is 15.5. The van der Waals surface area contributed by atoms with Gasteiger partial charge in [-0.05, 0) is 29.8 Å². The normalized spacial score (nSPS) is 12.8. The Morgan fingerprint density at radius 3 is 2.10 bits per heavy atom. The van der Waals surface area contributed by atoms with Crippen LogP contribution in [0.2, 0.25) is 0 Å². The Morgan fingerprint density at radius 2 is 1.57 bits per heavy atom. The third kappa shape index (κ3) is 3.98. The van der Waals surface area contributed by atoms with Crippen molar-refractivity contribution in [1.82, 2.24) is 0 Å². The van der Waals surface area contributed by atoms with E-state index in [9.17, 15) is 18.0 Å². The lowest BCUT2D eigenvalue weighted by Gasteiger charge is -2.12. The molecule has 0 radical (unpaired) electrons. The summed E-state index contributed by atoms with van der Waals surface area (Å²) in [6.45, 7) is 0. The number of carbonyl (C=O) groups excluding carboxylic acids is 1. The molecule has 1 atom stereocenters. The van der Waals surface area contributed by atoms with Gasteiger partial charge in [-0.15, -0.1) is 11.6 Å². The van der Waals surface area contributed by atoms with E-state index in [-0.39, 0.29) is 0 Å². The SMILES string of the molecule is O=C(Nc1ccccc1)C(Cl)c1ccc(C(F)(F)F)cc1. The summed E-state index contributed by atoms with van der Waals surface area (Å²) < 4.78 is 37.4. The lowest BCUT2D eigenvalue weighted by Crippen LogP contribution is -2.17. The molecule has 0 bridgehead atoms. The monoisotopic (exact) mass is 313 g/mol. The van der Waals surface area contributed by atoms with Crippen LogP contribution in [0.15, 0.2) is 54.6 Å². The van der Waals surface area contributed by atoms with Crippen molar-refractivity contribution in [2.24, 2.45) is 0 Å². The molecule has 0 aliphatic rings. The Bertz CT molecular complexity index is 611. The molecule has 6 heteroatoms. The van der Waals surface area contributed by atoms with Crippen LogP contribution in [0.25, 0.3) is 0 Å². The molecule has 1 unspecified atom stereocenters. The summed E-state index contributed by atoms with van der Waals surface area (Å²) in [5.74, 6) is -0.498. The number of anilines is 1. The number of para-hydroxylation sites is 1. The van der Waals surface area contributed by atoms with Crippen molar-refractivity contribution in [1.29, 1.82) is 0 Å². The molecule has 0 heterocycles. The van der Waals surface area contributed by atoms with E-state index < -0.39 is 23.0 Å². The minimum absolute atomic E-state index is 0.304. The summed E-state index contributed by atoms with van der Waals surface area (Å²) in [7, 11) is 0. The second-order valence-corrected chi connectivity index (χ2v) is 4.77. The average Bonchev–Trinajstić information content (AvgIpc) is 2.46. The molecule has 1 N–H and O–H groups in total. The Balaban J connectivity index is 2.09. The maximum absolute atomic E-state index is 12.5. The fourth-order valence-electron chi connectivity index (χ4n) is 1.72. The maximum atomic E-state index is 12.5. The average molecular weight is 314 g/mol. The molecule has 0 aliphatic carbocycles. The van der Waals surface area contributed by atoms with Crippen molar-refractivity contribution >= 4 is 23.2 Å². The number of hydrogen-bond donors (Lipinski definition) is 1. The highest BCUT2D eigenvalue weighted by Crippen LogP contribution is 2.31. The smallest absolute Gasteiger partial charge is 0.325 e. The van der Waals surface area contributed by atoms with E-state index in [0.29, 0.717) is 11.3 Å². The van der Waals surface area contributed by atoms with Gasteiger partial charge in [0.25, 0.3) is 0 Å². The minimum atomic E-state index is -4.41. The first-order valence-corrected chi connectivity index (χ1v) is 6.49. The summed E-state index contributed by atoms with van der Waals surface area (Å²) in [6.07, 6.45) is -4.41. The van der Waals surface area contributed by atoms with Gasteiger partial charge in [-0.1, -0.05) is 30.3 Å². The number of amides is 1. The fraction of sp³-hybridized carbons (Fsp3) is 0.133. The Morgan fingerprint density at radius 1 is 1.00 bits per heavy atom.